The van der Waals surface area contributed by atoms with Crippen LogP contribution in [0, 0.1) is 4.78 Å². The van der Waals surface area contributed by atoms with Gasteiger partial charge in [-0.05, 0) is 42.7 Å². The predicted molar refractivity (Wildman–Crippen MR) is 142 cm³/mol. The van der Waals surface area contributed by atoms with Crippen molar-refractivity contribution < 1.29 is 14.1 Å². The van der Waals surface area contributed by atoms with Crippen LogP contribution in [0.2, 0.25) is 0 Å². The number of ether oxygens (including phenoxy) is 1. The third kappa shape index (κ3) is 6.59. The van der Waals surface area contributed by atoms with E-state index in [2.05, 4.69) is 15.6 Å². The highest BCUT2D eigenvalue weighted by molar-refractivity contribution is 7.73. The van der Waals surface area contributed by atoms with Crippen LogP contribution in [0.1, 0.15) is 12.5 Å². The van der Waals surface area contributed by atoms with Crippen molar-refractivity contribution in [3.63, 3.8) is 0 Å². The van der Waals surface area contributed by atoms with Gasteiger partial charge in [0.15, 0.2) is 0 Å². The SMILES string of the molecule is CCOc1ccc(-c2cnc(Nc3cccc([S-](=N)=O)c3)nc2NC(CO)Cc2ccccc2)cc1. The Morgan fingerprint density at radius 1 is 1.06 bits per heavy atom. The molecule has 0 spiro atoms. The zero-order chi connectivity index (χ0) is 25.3. The molecular formula is C27H28N5O3S-. The number of aliphatic hydroxyl groups is 1. The van der Waals surface area contributed by atoms with Gasteiger partial charge in [-0.25, -0.2) is 4.98 Å². The molecule has 0 bridgehead atoms. The summed E-state index contributed by atoms with van der Waals surface area (Å²) in [6.45, 7) is 2.44. The summed E-state index contributed by atoms with van der Waals surface area (Å²) in [6.07, 6.45) is 2.33. The Hall–Kier alpha value is -3.95. The number of aromatic nitrogens is 2. The van der Waals surface area contributed by atoms with E-state index in [1.165, 1.54) is 0 Å². The average molecular weight is 503 g/mol. The van der Waals surface area contributed by atoms with Crippen LogP contribution in [-0.4, -0.2) is 34.3 Å². The lowest BCUT2D eigenvalue weighted by molar-refractivity contribution is 0.273. The first-order chi connectivity index (χ1) is 17.6. The van der Waals surface area contributed by atoms with Gasteiger partial charge in [0.25, 0.3) is 0 Å². The molecule has 0 saturated carbocycles. The van der Waals surface area contributed by atoms with Crippen molar-refractivity contribution in [1.29, 1.82) is 4.78 Å². The fourth-order valence-electron chi connectivity index (χ4n) is 3.73. The zero-order valence-corrected chi connectivity index (χ0v) is 20.7. The van der Waals surface area contributed by atoms with Gasteiger partial charge in [-0.3, -0.25) is 0 Å². The maximum Gasteiger partial charge on any atom is 0.229 e. The molecule has 4 rings (SSSR count). The van der Waals surface area contributed by atoms with Crippen molar-refractivity contribution in [2.24, 2.45) is 0 Å². The van der Waals surface area contributed by atoms with E-state index in [1.54, 1.807) is 30.5 Å². The summed E-state index contributed by atoms with van der Waals surface area (Å²) in [7, 11) is -1.84. The summed E-state index contributed by atoms with van der Waals surface area (Å²) in [6, 6.07) is 24.1. The fraction of sp³-hybridized carbons (Fsp3) is 0.185. The molecule has 1 heterocycles. The smallest absolute Gasteiger partial charge is 0.229 e. The van der Waals surface area contributed by atoms with Crippen LogP contribution in [0.15, 0.2) is 90.0 Å². The van der Waals surface area contributed by atoms with E-state index in [1.807, 2.05) is 61.5 Å². The summed E-state index contributed by atoms with van der Waals surface area (Å²) in [5.74, 6) is 1.67. The average Bonchev–Trinajstić information content (AvgIpc) is 2.90. The third-order valence-corrected chi connectivity index (χ3v) is 6.14. The summed E-state index contributed by atoms with van der Waals surface area (Å²) in [5, 5.41) is 16.6. The highest BCUT2D eigenvalue weighted by Crippen LogP contribution is 2.30. The van der Waals surface area contributed by atoms with E-state index in [4.69, 9.17) is 14.5 Å². The molecule has 8 nitrogen and oxygen atoms in total. The van der Waals surface area contributed by atoms with E-state index in [-0.39, 0.29) is 12.6 Å². The van der Waals surface area contributed by atoms with Gasteiger partial charge < -0.3 is 29.5 Å². The topological polar surface area (TPSA) is 120 Å². The van der Waals surface area contributed by atoms with Crippen molar-refractivity contribution in [2.45, 2.75) is 24.3 Å². The molecule has 4 N–H and O–H groups in total. The number of aliphatic hydroxyl groups excluding tert-OH is 1. The second-order valence-corrected chi connectivity index (χ2v) is 9.06. The summed E-state index contributed by atoms with van der Waals surface area (Å²) < 4.78 is 24.6. The number of hydrogen-bond donors (Lipinski definition) is 4. The first-order valence-corrected chi connectivity index (χ1v) is 12.7. The largest absolute Gasteiger partial charge is 0.494 e. The van der Waals surface area contributed by atoms with Gasteiger partial charge in [-0.2, -0.15) is 15.6 Å². The maximum absolute atomic E-state index is 11.6. The molecule has 9 heteroatoms. The number of benzene rings is 3. The maximum atomic E-state index is 11.6. The van der Waals surface area contributed by atoms with E-state index >= 15 is 0 Å². The third-order valence-electron chi connectivity index (χ3n) is 5.46. The van der Waals surface area contributed by atoms with Crippen LogP contribution in [0.5, 0.6) is 5.75 Å². The van der Waals surface area contributed by atoms with Gasteiger partial charge in [0, 0.05) is 17.4 Å². The van der Waals surface area contributed by atoms with E-state index in [0.29, 0.717) is 35.4 Å². The van der Waals surface area contributed by atoms with Gasteiger partial charge in [0.1, 0.15) is 11.6 Å². The lowest BCUT2D eigenvalue weighted by Crippen LogP contribution is -2.27. The standard InChI is InChI=1S/C27H28N5O3S/c1-2-35-23-13-11-20(12-14-23)25-17-29-27(31-21-9-6-10-24(16-21)36(28)34)32-26(25)30-22(18-33)15-19-7-4-3-5-8-19/h3-14,16-17,22,28,33H,2,15,18H2,1H3,(H2,29,30,31,32)/q-1. The minimum absolute atomic E-state index is 0.0816. The molecule has 1 aromatic heterocycles. The molecule has 1 unspecified atom stereocenters. The fourth-order valence-corrected chi connectivity index (χ4v) is 4.17. The van der Waals surface area contributed by atoms with Gasteiger partial charge >= 0.3 is 0 Å². The normalized spacial score (nSPS) is 11.8. The van der Waals surface area contributed by atoms with Crippen LogP contribution < -0.4 is 15.4 Å². The highest BCUT2D eigenvalue weighted by atomic mass is 32.2. The summed E-state index contributed by atoms with van der Waals surface area (Å²) >= 11 is 0. The Bertz CT molecular complexity index is 1350. The lowest BCUT2D eigenvalue weighted by atomic mass is 10.0. The lowest BCUT2D eigenvalue weighted by Gasteiger charge is -2.20. The number of rotatable bonds is 11. The van der Waals surface area contributed by atoms with Crippen LogP contribution in [0.3, 0.4) is 0 Å². The quantitative estimate of drug-likeness (QED) is 0.203. The molecule has 3 aromatic carbocycles. The molecule has 0 aliphatic rings. The van der Waals surface area contributed by atoms with Crippen molar-refractivity contribution in [1.82, 2.24) is 9.97 Å². The summed E-state index contributed by atoms with van der Waals surface area (Å²) in [4.78, 5) is 9.57. The van der Waals surface area contributed by atoms with Crippen LogP contribution >= 0.6 is 0 Å². The number of nitrogens with zero attached hydrogens (tertiary/aromatic N) is 2. The highest BCUT2D eigenvalue weighted by Gasteiger charge is 2.15. The first-order valence-electron chi connectivity index (χ1n) is 11.6. The van der Waals surface area contributed by atoms with Gasteiger partial charge in [0.05, 0.1) is 19.3 Å². The minimum Gasteiger partial charge on any atom is -0.494 e. The van der Waals surface area contributed by atoms with Crippen LogP contribution in [0.25, 0.3) is 11.1 Å². The molecule has 0 saturated heterocycles. The number of nitrogens with one attached hydrogen (secondary N) is 3. The Balaban J connectivity index is 1.66. The van der Waals surface area contributed by atoms with Crippen molar-refractivity contribution in [3.8, 4) is 16.9 Å². The Labute approximate surface area is 212 Å². The van der Waals surface area contributed by atoms with Crippen molar-refractivity contribution >= 4 is 28.0 Å². The summed E-state index contributed by atoms with van der Waals surface area (Å²) in [5.41, 5.74) is 3.39. The molecule has 0 aliphatic heterocycles. The Morgan fingerprint density at radius 3 is 2.53 bits per heavy atom. The van der Waals surface area contributed by atoms with Crippen LogP contribution in [-0.2, 0) is 21.2 Å². The number of anilines is 3. The van der Waals surface area contributed by atoms with E-state index in [9.17, 15) is 9.32 Å². The monoisotopic (exact) mass is 502 g/mol. The minimum atomic E-state index is -1.84. The predicted octanol–water partition coefficient (Wildman–Crippen LogP) is 5.39. The Kier molecular flexibility index (Phi) is 8.48. The van der Waals surface area contributed by atoms with E-state index in [0.717, 1.165) is 22.4 Å². The molecule has 186 valence electrons. The molecule has 36 heavy (non-hydrogen) atoms. The van der Waals surface area contributed by atoms with E-state index < -0.39 is 10.6 Å². The van der Waals surface area contributed by atoms with Gasteiger partial charge in [-0.15, -0.1) is 0 Å². The first kappa shape index (κ1) is 25.2. The molecule has 4 aromatic rings. The molecule has 1 atom stereocenters. The van der Waals surface area contributed by atoms with Crippen molar-refractivity contribution in [2.75, 3.05) is 23.8 Å². The zero-order valence-electron chi connectivity index (χ0n) is 19.8. The van der Waals surface area contributed by atoms with Gasteiger partial charge in [0.2, 0.25) is 5.95 Å². The number of hydrogen-bond acceptors (Lipinski definition) is 9. The second-order valence-electron chi connectivity index (χ2n) is 8.05. The Morgan fingerprint density at radius 2 is 1.83 bits per heavy atom. The molecular weight excluding hydrogens is 474 g/mol. The van der Waals surface area contributed by atoms with Crippen LogP contribution in [0.4, 0.5) is 17.5 Å². The molecule has 0 fully saturated rings. The second kappa shape index (κ2) is 12.1. The molecule has 0 amide bonds. The molecule has 0 aliphatic carbocycles. The van der Waals surface area contributed by atoms with Gasteiger partial charge in [-0.1, -0.05) is 65.6 Å². The van der Waals surface area contributed by atoms with Crippen molar-refractivity contribution in [3.05, 3.63) is 90.6 Å². The molecule has 0 radical (unpaired) electrons.